The highest BCUT2D eigenvalue weighted by Gasteiger charge is 2.50. The summed E-state index contributed by atoms with van der Waals surface area (Å²) >= 11 is 0. The molecule has 1 aliphatic heterocycles. The maximum Gasteiger partial charge on any atom is -0.00435 e. The second-order valence-corrected chi connectivity index (χ2v) is 3.72. The van der Waals surface area contributed by atoms with Crippen LogP contribution in [0.4, 0.5) is 0 Å². The Morgan fingerprint density at radius 3 is 1.91 bits per heavy atom. The van der Waals surface area contributed by atoms with E-state index in [1.807, 2.05) is 13.8 Å². The first-order chi connectivity index (χ1) is 5.33. The zero-order valence-electron chi connectivity index (χ0n) is 8.11. The summed E-state index contributed by atoms with van der Waals surface area (Å²) in [7, 11) is 0. The van der Waals surface area contributed by atoms with Gasteiger partial charge in [0.2, 0.25) is 0 Å². The lowest BCUT2D eigenvalue weighted by Gasteiger charge is -2.22. The molecule has 1 saturated heterocycles. The van der Waals surface area contributed by atoms with Gasteiger partial charge in [-0.2, -0.15) is 0 Å². The molecule has 0 bridgehead atoms. The van der Waals surface area contributed by atoms with Gasteiger partial charge in [0, 0.05) is 0 Å². The third kappa shape index (κ3) is 1.76. The third-order valence-corrected chi connectivity index (χ3v) is 3.20. The molecule has 1 heteroatoms. The van der Waals surface area contributed by atoms with Gasteiger partial charge in [-0.1, -0.05) is 20.8 Å². The number of piperidine rings is 1. The predicted molar refractivity (Wildman–Crippen MR) is 49.7 cm³/mol. The molecule has 2 rings (SSSR count). The first kappa shape index (κ1) is 9.05. The molecule has 0 radical (unpaired) electrons. The van der Waals surface area contributed by atoms with Crippen molar-refractivity contribution in [1.29, 1.82) is 0 Å². The van der Waals surface area contributed by atoms with E-state index < -0.39 is 0 Å². The van der Waals surface area contributed by atoms with Crippen molar-refractivity contribution >= 4 is 0 Å². The molecule has 2 fully saturated rings. The summed E-state index contributed by atoms with van der Waals surface area (Å²) in [6, 6.07) is 0. The average molecular weight is 155 g/mol. The van der Waals surface area contributed by atoms with Crippen molar-refractivity contribution in [2.75, 3.05) is 13.1 Å². The van der Waals surface area contributed by atoms with E-state index in [0.29, 0.717) is 0 Å². The van der Waals surface area contributed by atoms with E-state index in [0.717, 1.165) is 11.3 Å². The molecule has 11 heavy (non-hydrogen) atoms. The molecule has 1 aliphatic carbocycles. The molecular formula is C10H21N. The SMILES string of the molecule is CC.CC1CC12CCNCC2. The number of hydrogen-bond acceptors (Lipinski definition) is 1. The fraction of sp³-hybridized carbons (Fsp3) is 1.00. The first-order valence-electron chi connectivity index (χ1n) is 5.04. The number of hydrogen-bond donors (Lipinski definition) is 1. The van der Waals surface area contributed by atoms with Gasteiger partial charge < -0.3 is 5.32 Å². The molecule has 0 aromatic heterocycles. The molecular weight excluding hydrogens is 134 g/mol. The van der Waals surface area contributed by atoms with Crippen molar-refractivity contribution in [3.05, 3.63) is 0 Å². The molecule has 66 valence electrons. The Morgan fingerprint density at radius 1 is 1.18 bits per heavy atom. The maximum atomic E-state index is 3.40. The lowest BCUT2D eigenvalue weighted by atomic mass is 9.92. The van der Waals surface area contributed by atoms with Crippen molar-refractivity contribution in [3.63, 3.8) is 0 Å². The van der Waals surface area contributed by atoms with Gasteiger partial charge in [-0.3, -0.25) is 0 Å². The van der Waals surface area contributed by atoms with Crippen LogP contribution < -0.4 is 5.32 Å². The molecule has 1 N–H and O–H groups in total. The largest absolute Gasteiger partial charge is 0.317 e. The molecule has 1 atom stereocenters. The van der Waals surface area contributed by atoms with Gasteiger partial charge >= 0.3 is 0 Å². The van der Waals surface area contributed by atoms with Crippen molar-refractivity contribution in [3.8, 4) is 0 Å². The van der Waals surface area contributed by atoms with Gasteiger partial charge in [0.05, 0.1) is 0 Å². The van der Waals surface area contributed by atoms with Crippen LogP contribution in [0.1, 0.15) is 40.0 Å². The Bertz CT molecular complexity index is 114. The van der Waals surface area contributed by atoms with Crippen molar-refractivity contribution in [1.82, 2.24) is 5.32 Å². The fourth-order valence-corrected chi connectivity index (χ4v) is 2.17. The predicted octanol–water partition coefficient (Wildman–Crippen LogP) is 2.42. The molecule has 0 amide bonds. The highest BCUT2D eigenvalue weighted by molar-refractivity contribution is 5.01. The number of nitrogens with one attached hydrogen (secondary N) is 1. The molecule has 1 heterocycles. The topological polar surface area (TPSA) is 12.0 Å². The highest BCUT2D eigenvalue weighted by atomic mass is 14.9. The van der Waals surface area contributed by atoms with Gasteiger partial charge in [-0.25, -0.2) is 0 Å². The maximum absolute atomic E-state index is 3.40. The van der Waals surface area contributed by atoms with Crippen LogP contribution in [0, 0.1) is 11.3 Å². The highest BCUT2D eigenvalue weighted by Crippen LogP contribution is 2.57. The van der Waals surface area contributed by atoms with Crippen LogP contribution in [0.2, 0.25) is 0 Å². The lowest BCUT2D eigenvalue weighted by molar-refractivity contribution is 0.329. The zero-order chi connectivity index (χ0) is 8.32. The molecule has 0 aromatic rings. The van der Waals surface area contributed by atoms with Gasteiger partial charge in [-0.15, -0.1) is 0 Å². The minimum Gasteiger partial charge on any atom is -0.317 e. The van der Waals surface area contributed by atoms with E-state index in [1.165, 1.54) is 32.4 Å². The molecule has 1 spiro atoms. The smallest absolute Gasteiger partial charge is 0.00435 e. The van der Waals surface area contributed by atoms with E-state index in [1.54, 1.807) is 0 Å². The standard InChI is InChI=1S/C8H15N.C2H6/c1-7-6-8(7)2-4-9-5-3-8;1-2/h7,9H,2-6H2,1H3;1-2H3. The molecule has 2 aliphatic rings. The Kier molecular flexibility index (Phi) is 2.94. The normalized spacial score (nSPS) is 32.5. The summed E-state index contributed by atoms with van der Waals surface area (Å²) in [5.74, 6) is 1.04. The van der Waals surface area contributed by atoms with Gasteiger partial charge in [0.15, 0.2) is 0 Å². The van der Waals surface area contributed by atoms with E-state index in [4.69, 9.17) is 0 Å². The van der Waals surface area contributed by atoms with E-state index >= 15 is 0 Å². The summed E-state index contributed by atoms with van der Waals surface area (Å²) in [5.41, 5.74) is 0.825. The van der Waals surface area contributed by atoms with E-state index in [9.17, 15) is 0 Å². The van der Waals surface area contributed by atoms with Crippen LogP contribution in [0.15, 0.2) is 0 Å². The monoisotopic (exact) mass is 155 g/mol. The lowest BCUT2D eigenvalue weighted by Crippen LogP contribution is -2.29. The summed E-state index contributed by atoms with van der Waals surface area (Å²) in [6.07, 6.45) is 4.39. The van der Waals surface area contributed by atoms with Crippen LogP contribution in [-0.4, -0.2) is 13.1 Å². The molecule has 1 nitrogen and oxygen atoms in total. The Balaban J connectivity index is 0.000000281. The van der Waals surface area contributed by atoms with Crippen LogP contribution >= 0.6 is 0 Å². The van der Waals surface area contributed by atoms with Crippen LogP contribution in [0.3, 0.4) is 0 Å². The summed E-state index contributed by atoms with van der Waals surface area (Å²) in [5, 5.41) is 3.40. The summed E-state index contributed by atoms with van der Waals surface area (Å²) in [4.78, 5) is 0. The number of rotatable bonds is 0. The van der Waals surface area contributed by atoms with Gasteiger partial charge in [-0.05, 0) is 43.7 Å². The second kappa shape index (κ2) is 3.57. The van der Waals surface area contributed by atoms with E-state index in [-0.39, 0.29) is 0 Å². The molecule has 1 saturated carbocycles. The van der Waals surface area contributed by atoms with Crippen molar-refractivity contribution in [2.45, 2.75) is 40.0 Å². The summed E-state index contributed by atoms with van der Waals surface area (Å²) in [6.45, 7) is 8.93. The van der Waals surface area contributed by atoms with Crippen molar-refractivity contribution < 1.29 is 0 Å². The Labute approximate surface area is 70.6 Å². The average Bonchev–Trinajstić information content (AvgIpc) is 2.67. The van der Waals surface area contributed by atoms with Crippen molar-refractivity contribution in [2.24, 2.45) is 11.3 Å². The quantitative estimate of drug-likeness (QED) is 0.566. The molecule has 0 aromatic carbocycles. The van der Waals surface area contributed by atoms with Gasteiger partial charge in [0.25, 0.3) is 0 Å². The summed E-state index contributed by atoms with van der Waals surface area (Å²) < 4.78 is 0. The van der Waals surface area contributed by atoms with E-state index in [2.05, 4.69) is 12.2 Å². The first-order valence-corrected chi connectivity index (χ1v) is 5.04. The Hall–Kier alpha value is -0.0400. The zero-order valence-corrected chi connectivity index (χ0v) is 8.11. The van der Waals surface area contributed by atoms with Crippen LogP contribution in [-0.2, 0) is 0 Å². The second-order valence-electron chi connectivity index (χ2n) is 3.72. The minimum atomic E-state index is 0.825. The third-order valence-electron chi connectivity index (χ3n) is 3.20. The van der Waals surface area contributed by atoms with Crippen LogP contribution in [0.5, 0.6) is 0 Å². The Morgan fingerprint density at radius 2 is 1.64 bits per heavy atom. The van der Waals surface area contributed by atoms with Crippen LogP contribution in [0.25, 0.3) is 0 Å². The minimum absolute atomic E-state index is 0.825. The fourth-order valence-electron chi connectivity index (χ4n) is 2.17. The molecule has 1 unspecified atom stereocenters. The van der Waals surface area contributed by atoms with Gasteiger partial charge in [0.1, 0.15) is 0 Å².